The molecular weight excluding hydrogens is 423 g/mol. The Morgan fingerprint density at radius 3 is 2.40 bits per heavy atom. The Hall–Kier alpha value is -3.67. The number of carbonyl (C=O) groups is 2. The van der Waals surface area contributed by atoms with Crippen LogP contribution in [0.15, 0.2) is 41.9 Å². The molecule has 156 valence electrons. The number of nitrogens with zero attached hydrogens (tertiary/aromatic N) is 2. The number of hydrogen-bond donors (Lipinski definition) is 4. The molecule has 0 radical (unpaired) electrons. The predicted molar refractivity (Wildman–Crippen MR) is 105 cm³/mol. The highest BCUT2D eigenvalue weighted by Crippen LogP contribution is 2.37. The highest BCUT2D eigenvalue weighted by Gasteiger charge is 2.35. The van der Waals surface area contributed by atoms with Crippen molar-refractivity contribution in [1.82, 2.24) is 15.3 Å². The molecule has 3 aromatic rings. The molecular formula is C18H14F3N5O3S. The number of rotatable bonds is 6. The van der Waals surface area contributed by atoms with Crippen LogP contribution >= 0.6 is 11.3 Å². The number of carboxylic acids is 1. The molecule has 3 rings (SSSR count). The Bertz CT molecular complexity index is 1080. The van der Waals surface area contributed by atoms with Gasteiger partial charge in [-0.3, -0.25) is 4.79 Å². The van der Waals surface area contributed by atoms with E-state index in [1.165, 1.54) is 30.6 Å². The average Bonchev–Trinajstić information content (AvgIpc) is 3.15. The molecule has 0 aliphatic carbocycles. The van der Waals surface area contributed by atoms with Crippen LogP contribution in [0.1, 0.15) is 26.3 Å². The van der Waals surface area contributed by atoms with Gasteiger partial charge in [-0.05, 0) is 35.7 Å². The molecule has 0 unspecified atom stereocenters. The first-order valence-electron chi connectivity index (χ1n) is 8.30. The number of carboxylic acid groups (broad SMARTS) is 1. The monoisotopic (exact) mass is 437 g/mol. The first kappa shape index (κ1) is 21.0. The predicted octanol–water partition coefficient (Wildman–Crippen LogP) is 4.10. The molecule has 2 heterocycles. The lowest BCUT2D eigenvalue weighted by molar-refractivity contribution is -0.137. The summed E-state index contributed by atoms with van der Waals surface area (Å²) < 4.78 is 40.1. The Labute approximate surface area is 171 Å². The van der Waals surface area contributed by atoms with Gasteiger partial charge in [-0.1, -0.05) is 0 Å². The van der Waals surface area contributed by atoms with Gasteiger partial charge in [0.25, 0.3) is 5.91 Å². The zero-order valence-corrected chi connectivity index (χ0v) is 16.1. The van der Waals surface area contributed by atoms with E-state index in [2.05, 4.69) is 25.9 Å². The molecule has 1 amide bonds. The number of aromatic carboxylic acids is 1. The zero-order valence-electron chi connectivity index (χ0n) is 15.2. The number of anilines is 4. The minimum atomic E-state index is -4.75. The molecule has 1 aromatic carbocycles. The number of amides is 1. The van der Waals surface area contributed by atoms with Crippen LogP contribution in [0.5, 0.6) is 0 Å². The summed E-state index contributed by atoms with van der Waals surface area (Å²) in [5, 5.41) is 18.3. The number of alkyl halides is 3. The van der Waals surface area contributed by atoms with Gasteiger partial charge in [0.05, 0.1) is 5.56 Å². The lowest BCUT2D eigenvalue weighted by atomic mass is 10.2. The minimum absolute atomic E-state index is 0.00702. The molecule has 4 N–H and O–H groups in total. The number of aromatic nitrogens is 2. The first-order valence-corrected chi connectivity index (χ1v) is 9.18. The van der Waals surface area contributed by atoms with Crippen molar-refractivity contribution in [2.24, 2.45) is 0 Å². The maximum Gasteiger partial charge on any atom is 0.421 e. The van der Waals surface area contributed by atoms with Crippen LogP contribution < -0.4 is 16.0 Å². The van der Waals surface area contributed by atoms with Crippen LogP contribution in [0, 0.1) is 0 Å². The lowest BCUT2D eigenvalue weighted by Crippen LogP contribution is -2.17. The molecule has 0 fully saturated rings. The van der Waals surface area contributed by atoms with E-state index in [9.17, 15) is 22.8 Å². The summed E-state index contributed by atoms with van der Waals surface area (Å²) in [7, 11) is 1.49. The van der Waals surface area contributed by atoms with E-state index >= 15 is 0 Å². The third-order valence-corrected chi connectivity index (χ3v) is 4.68. The Morgan fingerprint density at radius 2 is 1.80 bits per heavy atom. The van der Waals surface area contributed by atoms with Crippen molar-refractivity contribution in [3.05, 3.63) is 58.6 Å². The van der Waals surface area contributed by atoms with Crippen molar-refractivity contribution in [3.8, 4) is 0 Å². The fourth-order valence-corrected chi connectivity index (χ4v) is 3.18. The molecule has 30 heavy (non-hydrogen) atoms. The van der Waals surface area contributed by atoms with Gasteiger partial charge in [-0.15, -0.1) is 11.3 Å². The SMILES string of the molecule is CNC(=O)c1ccc(Nc2ncc(C(F)(F)F)c(Nc3sccc3C(=O)O)n2)cc1. The smallest absolute Gasteiger partial charge is 0.421 e. The van der Waals surface area contributed by atoms with Crippen LogP contribution in [0.3, 0.4) is 0 Å². The molecule has 0 saturated heterocycles. The number of benzene rings is 1. The Morgan fingerprint density at radius 1 is 1.10 bits per heavy atom. The fourth-order valence-electron chi connectivity index (χ4n) is 2.41. The normalized spacial score (nSPS) is 11.1. The van der Waals surface area contributed by atoms with E-state index in [0.717, 1.165) is 11.3 Å². The van der Waals surface area contributed by atoms with Crippen molar-refractivity contribution >= 4 is 45.7 Å². The number of thiophene rings is 1. The molecule has 0 aliphatic rings. The third kappa shape index (κ3) is 4.66. The number of hydrogen-bond acceptors (Lipinski definition) is 7. The van der Waals surface area contributed by atoms with Crippen LogP contribution in [-0.4, -0.2) is 34.0 Å². The zero-order chi connectivity index (χ0) is 21.9. The van der Waals surface area contributed by atoms with Gasteiger partial charge in [0.15, 0.2) is 0 Å². The lowest BCUT2D eigenvalue weighted by Gasteiger charge is -2.14. The van der Waals surface area contributed by atoms with Crippen molar-refractivity contribution in [3.63, 3.8) is 0 Å². The molecule has 12 heteroatoms. The topological polar surface area (TPSA) is 116 Å². The van der Waals surface area contributed by atoms with Crippen molar-refractivity contribution in [2.45, 2.75) is 6.18 Å². The second-order valence-electron chi connectivity index (χ2n) is 5.83. The Kier molecular flexibility index (Phi) is 5.87. The summed E-state index contributed by atoms with van der Waals surface area (Å²) >= 11 is 0.930. The summed E-state index contributed by atoms with van der Waals surface area (Å²) in [5.74, 6) is -2.31. The van der Waals surface area contributed by atoms with Gasteiger partial charge >= 0.3 is 12.1 Å². The van der Waals surface area contributed by atoms with E-state index in [4.69, 9.17) is 5.11 Å². The van der Waals surface area contributed by atoms with Crippen LogP contribution in [-0.2, 0) is 6.18 Å². The van der Waals surface area contributed by atoms with E-state index in [0.29, 0.717) is 17.4 Å². The average molecular weight is 437 g/mol. The molecule has 0 bridgehead atoms. The van der Waals surface area contributed by atoms with Gasteiger partial charge in [0, 0.05) is 24.5 Å². The van der Waals surface area contributed by atoms with Crippen molar-refractivity contribution < 1.29 is 27.9 Å². The van der Waals surface area contributed by atoms with E-state index < -0.39 is 23.5 Å². The summed E-state index contributed by atoms with van der Waals surface area (Å²) in [6, 6.07) is 7.41. The standard InChI is InChI=1S/C18H14F3N5O3S/c1-22-14(27)9-2-4-10(5-3-9)24-17-23-8-12(18(19,20)21)13(26-17)25-15-11(16(28)29)6-7-30-15/h2-8H,1H3,(H,22,27)(H,28,29)(H2,23,24,25,26). The van der Waals surface area contributed by atoms with Gasteiger partial charge in [-0.25, -0.2) is 9.78 Å². The van der Waals surface area contributed by atoms with Gasteiger partial charge in [0.2, 0.25) is 5.95 Å². The van der Waals surface area contributed by atoms with Crippen LogP contribution in [0.4, 0.5) is 35.6 Å². The maximum absolute atomic E-state index is 13.4. The van der Waals surface area contributed by atoms with Crippen LogP contribution in [0.2, 0.25) is 0 Å². The highest BCUT2D eigenvalue weighted by molar-refractivity contribution is 7.14. The van der Waals surface area contributed by atoms with E-state index in [-0.39, 0.29) is 22.4 Å². The second-order valence-corrected chi connectivity index (χ2v) is 6.74. The molecule has 0 atom stereocenters. The molecule has 0 spiro atoms. The van der Waals surface area contributed by atoms with Crippen molar-refractivity contribution in [2.75, 3.05) is 17.7 Å². The molecule has 8 nitrogen and oxygen atoms in total. The summed E-state index contributed by atoms with van der Waals surface area (Å²) in [6.45, 7) is 0. The van der Waals surface area contributed by atoms with Crippen molar-refractivity contribution in [1.29, 1.82) is 0 Å². The third-order valence-electron chi connectivity index (χ3n) is 3.85. The van der Waals surface area contributed by atoms with Gasteiger partial charge in [0.1, 0.15) is 16.4 Å². The quantitative estimate of drug-likeness (QED) is 0.459. The number of halogens is 3. The van der Waals surface area contributed by atoms with Crippen LogP contribution in [0.25, 0.3) is 0 Å². The second kappa shape index (κ2) is 8.37. The molecule has 2 aromatic heterocycles. The van der Waals surface area contributed by atoms with E-state index in [1.807, 2.05) is 0 Å². The first-order chi connectivity index (χ1) is 14.2. The number of carbonyl (C=O) groups excluding carboxylic acids is 1. The summed E-state index contributed by atoms with van der Waals surface area (Å²) in [6.07, 6.45) is -4.15. The van der Waals surface area contributed by atoms with Gasteiger partial charge < -0.3 is 21.1 Å². The molecule has 0 aliphatic heterocycles. The maximum atomic E-state index is 13.4. The largest absolute Gasteiger partial charge is 0.478 e. The fraction of sp³-hybridized carbons (Fsp3) is 0.111. The van der Waals surface area contributed by atoms with Gasteiger partial charge in [-0.2, -0.15) is 18.2 Å². The minimum Gasteiger partial charge on any atom is -0.478 e. The Balaban J connectivity index is 1.91. The highest BCUT2D eigenvalue weighted by atomic mass is 32.1. The van der Waals surface area contributed by atoms with E-state index in [1.54, 1.807) is 12.1 Å². The summed E-state index contributed by atoms with van der Waals surface area (Å²) in [5.41, 5.74) is -0.480. The summed E-state index contributed by atoms with van der Waals surface area (Å²) in [4.78, 5) is 30.4. The molecule has 0 saturated carbocycles. The number of nitrogens with one attached hydrogen (secondary N) is 3.